The normalized spacial score (nSPS) is 23.8. The molecule has 35 heavy (non-hydrogen) atoms. The van der Waals surface area contributed by atoms with E-state index in [0.29, 0.717) is 19.6 Å². The lowest BCUT2D eigenvalue weighted by Crippen LogP contribution is -2.48. The highest BCUT2D eigenvalue weighted by Crippen LogP contribution is 2.48. The average Bonchev–Trinajstić information content (AvgIpc) is 3.14. The number of hydrogen-bond donors (Lipinski definition) is 3. The minimum Gasteiger partial charge on any atom is -0.384 e. The van der Waals surface area contributed by atoms with Gasteiger partial charge in [-0.2, -0.15) is 0 Å². The van der Waals surface area contributed by atoms with Crippen molar-refractivity contribution in [2.24, 2.45) is 5.92 Å². The number of ether oxygens (including phenoxy) is 2. The minimum atomic E-state index is -3.37. The quantitative estimate of drug-likeness (QED) is 0.128. The van der Waals surface area contributed by atoms with Crippen LogP contribution in [-0.2, 0) is 30.3 Å². The zero-order valence-electron chi connectivity index (χ0n) is 22.5. The number of urea groups is 1. The molecule has 0 bridgehead atoms. The molecule has 2 unspecified atom stereocenters. The molecule has 1 aliphatic rings. The summed E-state index contributed by atoms with van der Waals surface area (Å²) in [6.45, 7) is -0.0545. The van der Waals surface area contributed by atoms with Crippen LogP contribution >= 0.6 is 6.72 Å². The first-order chi connectivity index (χ1) is 16.9. The van der Waals surface area contributed by atoms with E-state index >= 15 is 0 Å². The highest BCUT2D eigenvalue weighted by atomic mass is 32.5. The lowest BCUT2D eigenvalue weighted by Gasteiger charge is -2.28. The van der Waals surface area contributed by atoms with Gasteiger partial charge in [0.1, 0.15) is 12.2 Å². The van der Waals surface area contributed by atoms with Crippen LogP contribution in [0.25, 0.3) is 0 Å². The molecule has 1 saturated carbocycles. The van der Waals surface area contributed by atoms with E-state index in [0.717, 1.165) is 12.8 Å². The van der Waals surface area contributed by atoms with E-state index in [9.17, 15) is 9.69 Å². The van der Waals surface area contributed by atoms with Crippen molar-refractivity contribution < 1.29 is 28.2 Å². The second-order valence-corrected chi connectivity index (χ2v) is 12.5. The van der Waals surface area contributed by atoms with E-state index in [-0.39, 0.29) is 18.0 Å². The molecule has 0 aliphatic heterocycles. The Bertz CT molecular complexity index is 600. The second kappa shape index (κ2) is 19.8. The maximum Gasteiger partial charge on any atom is 0.324 e. The van der Waals surface area contributed by atoms with E-state index in [4.69, 9.17) is 30.3 Å². The highest BCUT2D eigenvalue weighted by Gasteiger charge is 2.47. The molecule has 3 N–H and O–H groups in total. The van der Waals surface area contributed by atoms with Crippen LogP contribution in [0.15, 0.2) is 0 Å². The third-order valence-electron chi connectivity index (χ3n) is 6.76. The number of methoxy groups -OCH3 is 2. The van der Waals surface area contributed by atoms with E-state index < -0.39 is 18.9 Å². The van der Waals surface area contributed by atoms with Gasteiger partial charge in [-0.15, -0.1) is 0 Å². The molecule has 0 aromatic carbocycles. The molecule has 0 saturated heterocycles. The zero-order valence-corrected chi connectivity index (χ0v) is 24.2. The molecule has 5 atom stereocenters. The summed E-state index contributed by atoms with van der Waals surface area (Å²) in [5, 5.41) is 5.94. The molecule has 1 rings (SSSR count). The van der Waals surface area contributed by atoms with Crippen molar-refractivity contribution in [1.29, 1.82) is 0 Å². The van der Waals surface area contributed by atoms with E-state index in [2.05, 4.69) is 17.6 Å². The highest BCUT2D eigenvalue weighted by molar-refractivity contribution is 8.07. The van der Waals surface area contributed by atoms with Crippen molar-refractivity contribution in [1.82, 2.24) is 10.6 Å². The number of nitrogens with one attached hydrogen (secondary N) is 2. The van der Waals surface area contributed by atoms with Gasteiger partial charge in [-0.25, -0.2) is 4.79 Å². The van der Waals surface area contributed by atoms with Crippen LogP contribution in [0.1, 0.15) is 96.8 Å². The molecule has 10 heteroatoms. The molecular weight excluding hydrogens is 487 g/mol. The molecule has 0 spiro atoms. The van der Waals surface area contributed by atoms with Crippen LogP contribution in [0.5, 0.6) is 0 Å². The Morgan fingerprint density at radius 3 is 1.94 bits per heavy atom. The number of amides is 2. The van der Waals surface area contributed by atoms with E-state index in [1.54, 1.807) is 14.2 Å². The average molecular weight is 539 g/mol. The molecule has 0 heterocycles. The second-order valence-electron chi connectivity index (χ2n) is 9.62. The van der Waals surface area contributed by atoms with Gasteiger partial charge in [0.2, 0.25) is 0 Å². The summed E-state index contributed by atoms with van der Waals surface area (Å²) in [4.78, 5) is 22.6. The lowest BCUT2D eigenvalue weighted by molar-refractivity contribution is -0.0212. The van der Waals surface area contributed by atoms with Crippen LogP contribution in [0, 0.1) is 5.92 Å². The van der Waals surface area contributed by atoms with Gasteiger partial charge in [-0.3, -0.25) is 0 Å². The van der Waals surface area contributed by atoms with Crippen LogP contribution in [-0.4, -0.2) is 63.7 Å². The summed E-state index contributed by atoms with van der Waals surface area (Å²) >= 11 is 5.02. The van der Waals surface area contributed by atoms with Crippen LogP contribution in [0.4, 0.5) is 4.79 Å². The van der Waals surface area contributed by atoms with E-state index in [1.165, 1.54) is 77.7 Å². The fraction of sp³-hybridized carbons (Fsp3) is 0.960. The number of rotatable bonds is 21. The first-order valence-corrected chi connectivity index (χ1v) is 16.1. The maximum atomic E-state index is 12.5. The van der Waals surface area contributed by atoms with Gasteiger partial charge in [-0.05, 0) is 24.6 Å². The molecule has 8 nitrogen and oxygen atoms in total. The summed E-state index contributed by atoms with van der Waals surface area (Å²) in [7, 11) is 4.49. The minimum absolute atomic E-state index is 0.0825. The summed E-state index contributed by atoms with van der Waals surface area (Å²) in [5.74, 6) is -0.0825. The van der Waals surface area contributed by atoms with Crippen molar-refractivity contribution in [3.8, 4) is 0 Å². The van der Waals surface area contributed by atoms with Gasteiger partial charge in [0.25, 0.3) is 0 Å². The van der Waals surface area contributed by atoms with Gasteiger partial charge in [0.15, 0.2) is 0 Å². The molecular formula is C25H51N2O6PS. The van der Waals surface area contributed by atoms with Crippen LogP contribution in [0.2, 0.25) is 0 Å². The van der Waals surface area contributed by atoms with Crippen LogP contribution in [0.3, 0.4) is 0 Å². The first-order valence-electron chi connectivity index (χ1n) is 13.5. The summed E-state index contributed by atoms with van der Waals surface area (Å²) in [6, 6.07) is -0.494. The number of unbranched alkanes of at least 4 members (excludes halogenated alkanes) is 12. The third kappa shape index (κ3) is 14.3. The summed E-state index contributed by atoms with van der Waals surface area (Å²) in [6.07, 6.45) is 16.5. The SMILES string of the molecule is CCCCCCCCCCCCCCCNC(=O)N[C@@H]1C[C@H](COC)C(OP(O)(=S)OC)[C@@H]1OC. The van der Waals surface area contributed by atoms with Gasteiger partial charge < -0.3 is 34.0 Å². The first kappa shape index (κ1) is 32.7. The van der Waals surface area contributed by atoms with Crippen LogP contribution < -0.4 is 10.6 Å². The molecule has 1 fully saturated rings. The Labute approximate surface area is 218 Å². The lowest BCUT2D eigenvalue weighted by atomic mass is 10.0. The maximum absolute atomic E-state index is 12.5. The fourth-order valence-electron chi connectivity index (χ4n) is 4.82. The predicted molar refractivity (Wildman–Crippen MR) is 145 cm³/mol. The Morgan fingerprint density at radius 2 is 1.46 bits per heavy atom. The summed E-state index contributed by atoms with van der Waals surface area (Å²) < 4.78 is 21.5. The molecule has 1 aliphatic carbocycles. The van der Waals surface area contributed by atoms with Crippen molar-refractivity contribution in [2.45, 2.75) is 115 Å². The van der Waals surface area contributed by atoms with Gasteiger partial charge in [0.05, 0.1) is 12.6 Å². The Hall–Kier alpha value is -0.280. The standard InChI is InChI=1S/C25H51N2O6PS/c1-5-6-7-8-9-10-11-12-13-14-15-16-17-18-26-25(28)27-22-19-21(20-30-2)23(24(22)31-3)33-34(29,35)32-4/h21-24H,5-20H2,1-4H3,(H,29,35)(H2,26,27,28)/t21-,22-,23?,24-,34?/m1/s1. The van der Waals surface area contributed by atoms with Crippen molar-refractivity contribution >= 4 is 24.6 Å². The van der Waals surface area contributed by atoms with Crippen molar-refractivity contribution in [2.75, 3.05) is 34.5 Å². The predicted octanol–water partition coefficient (Wildman–Crippen LogP) is 5.68. The largest absolute Gasteiger partial charge is 0.384 e. The monoisotopic (exact) mass is 538 g/mol. The van der Waals surface area contributed by atoms with E-state index in [1.807, 2.05) is 0 Å². The number of carbonyl (C=O) groups is 1. The molecule has 0 aromatic heterocycles. The third-order valence-corrected chi connectivity index (χ3v) is 8.44. The zero-order chi connectivity index (χ0) is 25.9. The fourth-order valence-corrected chi connectivity index (χ4v) is 5.80. The van der Waals surface area contributed by atoms with Crippen molar-refractivity contribution in [3.05, 3.63) is 0 Å². The molecule has 208 valence electrons. The molecule has 0 radical (unpaired) electrons. The molecule has 2 amide bonds. The topological polar surface area (TPSA) is 98.3 Å². The Kier molecular flexibility index (Phi) is 18.5. The van der Waals surface area contributed by atoms with Gasteiger partial charge in [0, 0.05) is 33.8 Å². The Balaban J connectivity index is 2.19. The summed E-state index contributed by atoms with van der Waals surface area (Å²) in [5.41, 5.74) is 0. The number of carbonyl (C=O) groups excluding carboxylic acids is 1. The smallest absolute Gasteiger partial charge is 0.324 e. The van der Waals surface area contributed by atoms with Gasteiger partial charge in [-0.1, -0.05) is 84.0 Å². The molecule has 0 aromatic rings. The Morgan fingerprint density at radius 1 is 0.914 bits per heavy atom. The van der Waals surface area contributed by atoms with Gasteiger partial charge >= 0.3 is 12.7 Å². The number of hydrogen-bond acceptors (Lipinski definition) is 6. The van der Waals surface area contributed by atoms with Crippen molar-refractivity contribution in [3.63, 3.8) is 0 Å².